The van der Waals surface area contributed by atoms with E-state index in [2.05, 4.69) is 12.1 Å². The van der Waals surface area contributed by atoms with Crippen molar-refractivity contribution in [2.45, 2.75) is 12.3 Å². The molecule has 1 aliphatic heterocycles. The van der Waals surface area contributed by atoms with Crippen molar-refractivity contribution in [1.29, 1.82) is 0 Å². The summed E-state index contributed by atoms with van der Waals surface area (Å²) in [7, 11) is 3.29. The number of hydrogen-bond acceptors (Lipinski definition) is 3. The zero-order chi connectivity index (χ0) is 16.2. The lowest BCUT2D eigenvalue weighted by atomic mass is 9.98. The average Bonchev–Trinajstić information content (AvgIpc) is 3.11. The molecule has 0 radical (unpaired) electrons. The van der Waals surface area contributed by atoms with E-state index < -0.39 is 0 Å². The monoisotopic (exact) mass is 311 g/mol. The fourth-order valence-corrected chi connectivity index (χ4v) is 3.01. The third-order valence-corrected chi connectivity index (χ3v) is 4.40. The van der Waals surface area contributed by atoms with Crippen molar-refractivity contribution in [1.82, 2.24) is 4.90 Å². The van der Waals surface area contributed by atoms with E-state index in [9.17, 15) is 4.79 Å². The van der Waals surface area contributed by atoms with Gasteiger partial charge in [0.1, 0.15) is 11.5 Å². The van der Waals surface area contributed by atoms with Crippen LogP contribution < -0.4 is 9.47 Å². The molecule has 0 N–H and O–H groups in total. The zero-order valence-electron chi connectivity index (χ0n) is 13.5. The summed E-state index contributed by atoms with van der Waals surface area (Å²) < 4.78 is 10.3. The van der Waals surface area contributed by atoms with Crippen molar-refractivity contribution in [3.05, 3.63) is 59.7 Å². The molecule has 1 heterocycles. The highest BCUT2D eigenvalue weighted by Gasteiger charge is 2.27. The third kappa shape index (κ3) is 3.31. The zero-order valence-corrected chi connectivity index (χ0v) is 13.5. The summed E-state index contributed by atoms with van der Waals surface area (Å²) in [6.07, 6.45) is 0.994. The molecule has 1 fully saturated rings. The Morgan fingerprint density at radius 2 is 1.52 bits per heavy atom. The Kier molecular flexibility index (Phi) is 4.51. The minimum atomic E-state index is 0.0867. The van der Waals surface area contributed by atoms with Crippen molar-refractivity contribution in [2.24, 2.45) is 0 Å². The Bertz CT molecular complexity index is 664. The molecule has 120 valence electrons. The van der Waals surface area contributed by atoms with Crippen LogP contribution >= 0.6 is 0 Å². The maximum atomic E-state index is 12.6. The van der Waals surface area contributed by atoms with Gasteiger partial charge in [-0.25, -0.2) is 0 Å². The number of benzene rings is 2. The molecule has 1 saturated heterocycles. The van der Waals surface area contributed by atoms with Gasteiger partial charge in [-0.05, 0) is 48.4 Å². The van der Waals surface area contributed by atoms with E-state index in [1.54, 1.807) is 14.2 Å². The highest BCUT2D eigenvalue weighted by Crippen LogP contribution is 2.29. The van der Waals surface area contributed by atoms with Gasteiger partial charge in [0.25, 0.3) is 5.91 Å². The fourth-order valence-electron chi connectivity index (χ4n) is 3.01. The summed E-state index contributed by atoms with van der Waals surface area (Å²) in [5.41, 5.74) is 1.97. The van der Waals surface area contributed by atoms with Crippen molar-refractivity contribution < 1.29 is 14.3 Å². The Morgan fingerprint density at radius 1 is 0.957 bits per heavy atom. The molecule has 3 rings (SSSR count). The summed E-state index contributed by atoms with van der Waals surface area (Å²) in [6.45, 7) is 1.55. The van der Waals surface area contributed by atoms with Crippen molar-refractivity contribution in [3.63, 3.8) is 0 Å². The summed E-state index contributed by atoms with van der Waals surface area (Å²) in [5.74, 6) is 2.10. The highest BCUT2D eigenvalue weighted by molar-refractivity contribution is 5.94. The predicted molar refractivity (Wildman–Crippen MR) is 89.2 cm³/mol. The van der Waals surface area contributed by atoms with Crippen molar-refractivity contribution in [2.75, 3.05) is 27.3 Å². The maximum absolute atomic E-state index is 12.6. The van der Waals surface area contributed by atoms with E-state index in [1.165, 1.54) is 5.56 Å². The molecule has 4 heteroatoms. The number of likely N-dealkylation sites (tertiary alicyclic amines) is 1. The molecule has 0 aliphatic carbocycles. The third-order valence-electron chi connectivity index (χ3n) is 4.40. The minimum absolute atomic E-state index is 0.0867. The van der Waals surface area contributed by atoms with E-state index in [4.69, 9.17) is 9.47 Å². The highest BCUT2D eigenvalue weighted by atomic mass is 16.5. The van der Waals surface area contributed by atoms with Crippen LogP contribution in [0, 0.1) is 0 Å². The molecule has 1 amide bonds. The first kappa shape index (κ1) is 15.4. The summed E-state index contributed by atoms with van der Waals surface area (Å²) in [4.78, 5) is 14.5. The van der Waals surface area contributed by atoms with E-state index in [-0.39, 0.29) is 5.91 Å². The minimum Gasteiger partial charge on any atom is -0.497 e. The number of nitrogens with zero attached hydrogens (tertiary/aromatic N) is 1. The Hall–Kier alpha value is -2.49. The van der Waals surface area contributed by atoms with Gasteiger partial charge in [0.15, 0.2) is 0 Å². The van der Waals surface area contributed by atoms with Crippen LogP contribution in [-0.2, 0) is 0 Å². The molecule has 4 nitrogen and oxygen atoms in total. The first-order chi connectivity index (χ1) is 11.2. The Balaban J connectivity index is 1.67. The average molecular weight is 311 g/mol. The largest absolute Gasteiger partial charge is 0.497 e. The van der Waals surface area contributed by atoms with E-state index in [1.807, 2.05) is 41.3 Å². The van der Waals surface area contributed by atoms with Crippen LogP contribution in [0.5, 0.6) is 11.5 Å². The van der Waals surface area contributed by atoms with E-state index in [0.29, 0.717) is 11.5 Å². The summed E-state index contributed by atoms with van der Waals surface area (Å²) in [5, 5.41) is 0. The Labute approximate surface area is 136 Å². The van der Waals surface area contributed by atoms with Crippen molar-refractivity contribution >= 4 is 5.91 Å². The van der Waals surface area contributed by atoms with E-state index >= 15 is 0 Å². The molecule has 0 bridgehead atoms. The number of carbonyl (C=O) groups is 1. The first-order valence-electron chi connectivity index (χ1n) is 7.78. The van der Waals surface area contributed by atoms with Gasteiger partial charge in [-0.1, -0.05) is 12.1 Å². The first-order valence-corrected chi connectivity index (χ1v) is 7.78. The van der Waals surface area contributed by atoms with Gasteiger partial charge in [0.2, 0.25) is 0 Å². The predicted octanol–water partition coefficient (Wildman–Crippen LogP) is 3.33. The normalized spacial score (nSPS) is 17.1. The van der Waals surface area contributed by atoms with Crippen LogP contribution in [-0.4, -0.2) is 38.1 Å². The molecule has 2 aromatic carbocycles. The molecular weight excluding hydrogens is 290 g/mol. The van der Waals surface area contributed by atoms with Gasteiger partial charge in [-0.3, -0.25) is 4.79 Å². The fraction of sp³-hybridized carbons (Fsp3) is 0.316. The molecule has 0 saturated carbocycles. The quantitative estimate of drug-likeness (QED) is 0.869. The molecular formula is C19H21NO3. The van der Waals surface area contributed by atoms with Crippen LogP contribution in [0.15, 0.2) is 48.5 Å². The number of amides is 1. The second-order valence-electron chi connectivity index (χ2n) is 5.74. The van der Waals surface area contributed by atoms with Crippen LogP contribution in [0.25, 0.3) is 0 Å². The van der Waals surface area contributed by atoms with Crippen LogP contribution in [0.2, 0.25) is 0 Å². The summed E-state index contributed by atoms with van der Waals surface area (Å²) in [6, 6.07) is 15.4. The van der Waals surface area contributed by atoms with Gasteiger partial charge in [0.05, 0.1) is 14.2 Å². The van der Waals surface area contributed by atoms with Gasteiger partial charge in [0, 0.05) is 24.6 Å². The number of ether oxygens (including phenoxy) is 2. The van der Waals surface area contributed by atoms with Gasteiger partial charge < -0.3 is 14.4 Å². The lowest BCUT2D eigenvalue weighted by molar-refractivity contribution is 0.0791. The molecule has 0 spiro atoms. The standard InChI is InChI=1S/C19H21NO3/c1-22-17-7-3-14(4-8-17)16-11-12-20(13-16)19(21)15-5-9-18(23-2)10-6-15/h3-10,16H,11-13H2,1-2H3/t16-/m1/s1. The number of methoxy groups -OCH3 is 2. The van der Waals surface area contributed by atoms with Crippen molar-refractivity contribution in [3.8, 4) is 11.5 Å². The van der Waals surface area contributed by atoms with Gasteiger partial charge in [-0.2, -0.15) is 0 Å². The summed E-state index contributed by atoms with van der Waals surface area (Å²) >= 11 is 0. The topological polar surface area (TPSA) is 38.8 Å². The van der Waals surface area contributed by atoms with Crippen LogP contribution in [0.4, 0.5) is 0 Å². The smallest absolute Gasteiger partial charge is 0.253 e. The maximum Gasteiger partial charge on any atom is 0.253 e. The molecule has 23 heavy (non-hydrogen) atoms. The molecule has 1 atom stereocenters. The number of hydrogen-bond donors (Lipinski definition) is 0. The van der Waals surface area contributed by atoms with Crippen LogP contribution in [0.3, 0.4) is 0 Å². The lowest BCUT2D eigenvalue weighted by Gasteiger charge is -2.17. The molecule has 1 aliphatic rings. The lowest BCUT2D eigenvalue weighted by Crippen LogP contribution is -2.28. The molecule has 0 unspecified atom stereocenters. The van der Waals surface area contributed by atoms with Crippen LogP contribution in [0.1, 0.15) is 28.3 Å². The SMILES string of the molecule is COc1ccc(C(=O)N2CC[C@@H](c3ccc(OC)cc3)C2)cc1. The molecule has 2 aromatic rings. The number of carbonyl (C=O) groups excluding carboxylic acids is 1. The van der Waals surface area contributed by atoms with E-state index in [0.717, 1.165) is 31.0 Å². The van der Waals surface area contributed by atoms with Gasteiger partial charge >= 0.3 is 0 Å². The number of rotatable bonds is 4. The second-order valence-corrected chi connectivity index (χ2v) is 5.74. The Morgan fingerprint density at radius 3 is 2.09 bits per heavy atom. The molecule has 0 aromatic heterocycles. The second kappa shape index (κ2) is 6.73. The van der Waals surface area contributed by atoms with Gasteiger partial charge in [-0.15, -0.1) is 0 Å².